The average Bonchev–Trinajstić information content (AvgIpc) is 3.11. The number of aromatic nitrogens is 4. The van der Waals surface area contributed by atoms with Crippen LogP contribution in [0.2, 0.25) is 0 Å². The Morgan fingerprint density at radius 1 is 1.19 bits per heavy atom. The maximum atomic E-state index is 10.1. The molecule has 5 heteroatoms. The standard InChI is InChI=1S/C16H14N4O/c1-10(21)16-19-13-9-18-15-12(7-8-17-15)14(13)20(16)11-5-3-2-4-6-11/h2-10,21H,1H3,(H,17,18). The number of nitrogens with one attached hydrogen (secondary N) is 1. The van der Waals surface area contributed by atoms with Crippen LogP contribution in [0.1, 0.15) is 18.9 Å². The number of aromatic amines is 1. The van der Waals surface area contributed by atoms with Crippen LogP contribution in [-0.2, 0) is 0 Å². The van der Waals surface area contributed by atoms with E-state index in [2.05, 4.69) is 15.0 Å². The number of pyridine rings is 1. The van der Waals surface area contributed by atoms with Gasteiger partial charge in [-0.2, -0.15) is 0 Å². The molecule has 0 fully saturated rings. The third kappa shape index (κ3) is 1.75. The summed E-state index contributed by atoms with van der Waals surface area (Å²) in [5.41, 5.74) is 3.53. The molecular formula is C16H14N4O. The number of aliphatic hydroxyl groups excluding tert-OH is 1. The molecule has 0 saturated carbocycles. The second kappa shape index (κ2) is 4.43. The van der Waals surface area contributed by atoms with Gasteiger partial charge in [-0.25, -0.2) is 9.97 Å². The van der Waals surface area contributed by atoms with E-state index in [1.165, 1.54) is 0 Å². The van der Waals surface area contributed by atoms with E-state index in [1.807, 2.05) is 47.2 Å². The van der Waals surface area contributed by atoms with Gasteiger partial charge in [0.15, 0.2) is 0 Å². The average molecular weight is 278 g/mol. The first-order valence-corrected chi connectivity index (χ1v) is 6.83. The van der Waals surface area contributed by atoms with Crippen molar-refractivity contribution >= 4 is 22.1 Å². The third-order valence-corrected chi connectivity index (χ3v) is 3.61. The molecule has 2 N–H and O–H groups in total. The van der Waals surface area contributed by atoms with Crippen LogP contribution in [0.25, 0.3) is 27.8 Å². The van der Waals surface area contributed by atoms with Gasteiger partial charge in [0.25, 0.3) is 0 Å². The van der Waals surface area contributed by atoms with Crippen molar-refractivity contribution in [3.05, 3.63) is 54.6 Å². The largest absolute Gasteiger partial charge is 0.385 e. The van der Waals surface area contributed by atoms with E-state index in [1.54, 1.807) is 13.1 Å². The van der Waals surface area contributed by atoms with Crippen molar-refractivity contribution in [1.82, 2.24) is 19.5 Å². The van der Waals surface area contributed by atoms with Gasteiger partial charge >= 0.3 is 0 Å². The van der Waals surface area contributed by atoms with Crippen LogP contribution in [0.15, 0.2) is 48.8 Å². The Kier molecular flexibility index (Phi) is 2.55. The lowest BCUT2D eigenvalue weighted by Gasteiger charge is -2.11. The molecule has 1 atom stereocenters. The summed E-state index contributed by atoms with van der Waals surface area (Å²) in [6, 6.07) is 11.9. The molecule has 0 radical (unpaired) electrons. The molecule has 5 nitrogen and oxygen atoms in total. The Hall–Kier alpha value is -2.66. The van der Waals surface area contributed by atoms with Gasteiger partial charge in [-0.1, -0.05) is 18.2 Å². The number of hydrogen-bond acceptors (Lipinski definition) is 3. The summed E-state index contributed by atoms with van der Waals surface area (Å²) in [6.07, 6.45) is 2.94. The number of para-hydroxylation sites is 1. The van der Waals surface area contributed by atoms with Crippen LogP contribution in [-0.4, -0.2) is 24.6 Å². The normalized spacial score (nSPS) is 13.0. The van der Waals surface area contributed by atoms with Gasteiger partial charge in [0.1, 0.15) is 23.1 Å². The number of H-pyrrole nitrogens is 1. The van der Waals surface area contributed by atoms with E-state index < -0.39 is 6.10 Å². The van der Waals surface area contributed by atoms with Gasteiger partial charge < -0.3 is 10.1 Å². The molecule has 1 unspecified atom stereocenters. The highest BCUT2D eigenvalue weighted by atomic mass is 16.3. The molecule has 0 aliphatic heterocycles. The molecule has 3 aromatic heterocycles. The van der Waals surface area contributed by atoms with E-state index >= 15 is 0 Å². The van der Waals surface area contributed by atoms with Gasteiger partial charge in [-0.15, -0.1) is 0 Å². The van der Waals surface area contributed by atoms with Gasteiger partial charge in [-0.05, 0) is 25.1 Å². The lowest BCUT2D eigenvalue weighted by atomic mass is 10.2. The Morgan fingerprint density at radius 2 is 2.00 bits per heavy atom. The fourth-order valence-corrected chi connectivity index (χ4v) is 2.71. The van der Waals surface area contributed by atoms with Gasteiger partial charge in [0.2, 0.25) is 0 Å². The molecule has 1 aromatic carbocycles. The molecular weight excluding hydrogens is 264 g/mol. The van der Waals surface area contributed by atoms with E-state index in [4.69, 9.17) is 0 Å². The fourth-order valence-electron chi connectivity index (χ4n) is 2.71. The van der Waals surface area contributed by atoms with E-state index in [0.717, 1.165) is 27.8 Å². The van der Waals surface area contributed by atoms with Crippen LogP contribution in [0.4, 0.5) is 0 Å². The second-order valence-corrected chi connectivity index (χ2v) is 5.05. The monoisotopic (exact) mass is 278 g/mol. The van der Waals surface area contributed by atoms with Crippen LogP contribution in [0, 0.1) is 0 Å². The first kappa shape index (κ1) is 12.1. The Bertz CT molecular complexity index is 921. The van der Waals surface area contributed by atoms with Crippen molar-refractivity contribution < 1.29 is 5.11 Å². The van der Waals surface area contributed by atoms with Gasteiger partial charge in [0.05, 0.1) is 11.7 Å². The lowest BCUT2D eigenvalue weighted by molar-refractivity contribution is 0.187. The molecule has 0 saturated heterocycles. The molecule has 0 spiro atoms. The molecule has 3 heterocycles. The molecule has 4 rings (SSSR count). The first-order chi connectivity index (χ1) is 10.3. The lowest BCUT2D eigenvalue weighted by Crippen LogP contribution is -2.04. The van der Waals surface area contributed by atoms with Crippen molar-refractivity contribution in [2.45, 2.75) is 13.0 Å². The zero-order valence-electron chi connectivity index (χ0n) is 11.5. The second-order valence-electron chi connectivity index (χ2n) is 5.05. The Labute approximate surface area is 120 Å². The Morgan fingerprint density at radius 3 is 2.76 bits per heavy atom. The quantitative estimate of drug-likeness (QED) is 0.592. The zero-order chi connectivity index (χ0) is 14.4. The summed E-state index contributed by atoms with van der Waals surface area (Å²) in [5.74, 6) is 0.617. The number of nitrogens with zero attached hydrogens (tertiary/aromatic N) is 3. The highest BCUT2D eigenvalue weighted by Crippen LogP contribution is 2.29. The van der Waals surface area contributed by atoms with E-state index in [9.17, 15) is 5.11 Å². The van der Waals surface area contributed by atoms with Gasteiger partial charge in [0, 0.05) is 17.3 Å². The fraction of sp³-hybridized carbons (Fsp3) is 0.125. The topological polar surface area (TPSA) is 66.7 Å². The summed E-state index contributed by atoms with van der Waals surface area (Å²) in [5, 5.41) is 11.1. The summed E-state index contributed by atoms with van der Waals surface area (Å²) >= 11 is 0. The number of benzene rings is 1. The smallest absolute Gasteiger partial charge is 0.143 e. The number of fused-ring (bicyclic) bond motifs is 3. The first-order valence-electron chi connectivity index (χ1n) is 6.83. The number of rotatable bonds is 2. The Balaban J connectivity index is 2.19. The van der Waals surface area contributed by atoms with Crippen LogP contribution in [0.5, 0.6) is 0 Å². The SMILES string of the molecule is CC(O)c1nc2cnc3[nH]ccc3c2n1-c1ccccc1. The molecule has 104 valence electrons. The summed E-state index contributed by atoms with van der Waals surface area (Å²) in [4.78, 5) is 12.0. The maximum Gasteiger partial charge on any atom is 0.143 e. The third-order valence-electron chi connectivity index (χ3n) is 3.61. The summed E-state index contributed by atoms with van der Waals surface area (Å²) in [6.45, 7) is 1.72. The minimum absolute atomic E-state index is 0.617. The molecule has 0 bridgehead atoms. The van der Waals surface area contributed by atoms with E-state index in [0.29, 0.717) is 5.82 Å². The van der Waals surface area contributed by atoms with Crippen molar-refractivity contribution in [3.8, 4) is 5.69 Å². The maximum absolute atomic E-state index is 10.1. The molecule has 0 aliphatic rings. The van der Waals surface area contributed by atoms with Crippen LogP contribution < -0.4 is 0 Å². The predicted molar refractivity (Wildman–Crippen MR) is 81.4 cm³/mol. The molecule has 21 heavy (non-hydrogen) atoms. The highest BCUT2D eigenvalue weighted by molar-refractivity contribution is 6.02. The van der Waals surface area contributed by atoms with Gasteiger partial charge in [-0.3, -0.25) is 4.57 Å². The molecule has 0 aliphatic carbocycles. The van der Waals surface area contributed by atoms with Crippen molar-refractivity contribution in [1.29, 1.82) is 0 Å². The summed E-state index contributed by atoms with van der Waals surface area (Å²) in [7, 11) is 0. The van der Waals surface area contributed by atoms with E-state index in [-0.39, 0.29) is 0 Å². The highest BCUT2D eigenvalue weighted by Gasteiger charge is 2.18. The van der Waals surface area contributed by atoms with Crippen molar-refractivity contribution in [2.75, 3.05) is 0 Å². The van der Waals surface area contributed by atoms with Crippen LogP contribution in [0.3, 0.4) is 0 Å². The summed E-state index contributed by atoms with van der Waals surface area (Å²) < 4.78 is 2.00. The minimum Gasteiger partial charge on any atom is -0.385 e. The number of aliphatic hydroxyl groups is 1. The molecule has 0 amide bonds. The minimum atomic E-state index is -0.661. The van der Waals surface area contributed by atoms with Crippen molar-refractivity contribution in [3.63, 3.8) is 0 Å². The molecule has 4 aromatic rings. The van der Waals surface area contributed by atoms with Crippen molar-refractivity contribution in [2.24, 2.45) is 0 Å². The number of imidazole rings is 1. The van der Waals surface area contributed by atoms with Crippen LogP contribution >= 0.6 is 0 Å². The zero-order valence-corrected chi connectivity index (χ0v) is 11.5. The predicted octanol–water partition coefficient (Wildman–Crippen LogP) is 2.96. The number of hydrogen-bond donors (Lipinski definition) is 2.